The Labute approximate surface area is 120 Å². The van der Waals surface area contributed by atoms with Crippen molar-refractivity contribution in [3.05, 3.63) is 34.9 Å². The van der Waals surface area contributed by atoms with Crippen molar-refractivity contribution >= 4 is 17.4 Å². The molecule has 1 aromatic carbocycles. The highest BCUT2D eigenvalue weighted by atomic mass is 35.5. The third kappa shape index (κ3) is 2.85. The molecule has 0 amide bonds. The largest absolute Gasteiger partial charge is 0.297 e. The van der Waals surface area contributed by atoms with Gasteiger partial charge in [0.05, 0.1) is 5.54 Å². The number of ketones is 1. The molecular weight excluding hydrogens is 258 g/mol. The molecule has 0 aromatic heterocycles. The number of Topliss-reactive ketones (excluding diaryl/α,β-unsaturated/α-hetero) is 1. The molecule has 2 atom stereocenters. The molecular formula is C16H22ClNO. The summed E-state index contributed by atoms with van der Waals surface area (Å²) in [5, 5.41) is 0.628. The van der Waals surface area contributed by atoms with Crippen LogP contribution in [0.1, 0.15) is 43.0 Å². The molecule has 2 unspecified atom stereocenters. The Morgan fingerprint density at radius 2 is 2.16 bits per heavy atom. The zero-order valence-electron chi connectivity index (χ0n) is 11.9. The van der Waals surface area contributed by atoms with Gasteiger partial charge in [-0.1, -0.05) is 43.5 Å². The summed E-state index contributed by atoms with van der Waals surface area (Å²) in [5.74, 6) is 0.811. The standard InChI is InChI=1S/C16H22ClNO/c1-12-6-5-9-16(11-12,18(2)3)15(19)13-7-4-8-14(17)10-13/h4,7-8,10,12H,5-6,9,11H2,1-3H3. The third-order valence-electron chi connectivity index (χ3n) is 4.34. The van der Waals surface area contributed by atoms with Crippen molar-refractivity contribution in [1.29, 1.82) is 0 Å². The van der Waals surface area contributed by atoms with E-state index in [0.29, 0.717) is 10.9 Å². The molecule has 0 radical (unpaired) electrons. The molecule has 0 bridgehead atoms. The van der Waals surface area contributed by atoms with Crippen LogP contribution < -0.4 is 0 Å². The second-order valence-electron chi connectivity index (χ2n) is 5.97. The van der Waals surface area contributed by atoms with E-state index < -0.39 is 0 Å². The Morgan fingerprint density at radius 1 is 1.42 bits per heavy atom. The van der Waals surface area contributed by atoms with E-state index in [9.17, 15) is 4.79 Å². The Kier molecular flexibility index (Phi) is 4.32. The van der Waals surface area contributed by atoms with E-state index in [2.05, 4.69) is 11.8 Å². The summed E-state index contributed by atoms with van der Waals surface area (Å²) in [6.45, 7) is 2.24. The summed E-state index contributed by atoms with van der Waals surface area (Å²) in [7, 11) is 4.03. The summed E-state index contributed by atoms with van der Waals surface area (Å²) in [4.78, 5) is 15.1. The maximum absolute atomic E-state index is 13.0. The second kappa shape index (κ2) is 5.64. The number of carbonyl (C=O) groups is 1. The number of rotatable bonds is 3. The highest BCUT2D eigenvalue weighted by Crippen LogP contribution is 2.38. The summed E-state index contributed by atoms with van der Waals surface area (Å²) in [6, 6.07) is 7.32. The molecule has 0 N–H and O–H groups in total. The minimum Gasteiger partial charge on any atom is -0.297 e. The first-order valence-corrected chi connectivity index (χ1v) is 7.31. The molecule has 1 saturated carbocycles. The smallest absolute Gasteiger partial charge is 0.183 e. The predicted octanol–water partition coefficient (Wildman–Crippen LogP) is 4.03. The van der Waals surface area contributed by atoms with Crippen LogP contribution in [0.25, 0.3) is 0 Å². The molecule has 104 valence electrons. The van der Waals surface area contributed by atoms with Gasteiger partial charge < -0.3 is 0 Å². The van der Waals surface area contributed by atoms with E-state index in [0.717, 1.165) is 24.8 Å². The monoisotopic (exact) mass is 279 g/mol. The third-order valence-corrected chi connectivity index (χ3v) is 4.57. The fraction of sp³-hybridized carbons (Fsp3) is 0.562. The minimum absolute atomic E-state index is 0.214. The molecule has 1 fully saturated rings. The lowest BCUT2D eigenvalue weighted by Crippen LogP contribution is -2.53. The van der Waals surface area contributed by atoms with Gasteiger partial charge in [-0.2, -0.15) is 0 Å². The van der Waals surface area contributed by atoms with Crippen LogP contribution in [-0.4, -0.2) is 30.3 Å². The molecule has 0 aliphatic heterocycles. The quantitative estimate of drug-likeness (QED) is 0.779. The Hall–Kier alpha value is -0.860. The normalized spacial score (nSPS) is 27.5. The van der Waals surface area contributed by atoms with Gasteiger partial charge in [0, 0.05) is 10.6 Å². The van der Waals surface area contributed by atoms with Crippen molar-refractivity contribution in [2.24, 2.45) is 5.92 Å². The van der Waals surface area contributed by atoms with Gasteiger partial charge in [-0.05, 0) is 45.0 Å². The first-order valence-electron chi connectivity index (χ1n) is 6.93. The van der Waals surface area contributed by atoms with Crippen LogP contribution in [0.5, 0.6) is 0 Å². The van der Waals surface area contributed by atoms with E-state index in [-0.39, 0.29) is 11.3 Å². The lowest BCUT2D eigenvalue weighted by molar-refractivity contribution is 0.0486. The molecule has 2 rings (SSSR count). The van der Waals surface area contributed by atoms with Crippen molar-refractivity contribution < 1.29 is 4.79 Å². The molecule has 1 aliphatic carbocycles. The summed E-state index contributed by atoms with van der Waals surface area (Å²) >= 11 is 6.02. The zero-order valence-corrected chi connectivity index (χ0v) is 12.7. The average molecular weight is 280 g/mol. The van der Waals surface area contributed by atoms with Gasteiger partial charge in [0.15, 0.2) is 5.78 Å². The molecule has 1 aliphatic rings. The van der Waals surface area contributed by atoms with Gasteiger partial charge in [0.2, 0.25) is 0 Å². The molecule has 0 spiro atoms. The Morgan fingerprint density at radius 3 is 2.74 bits per heavy atom. The topological polar surface area (TPSA) is 20.3 Å². The maximum Gasteiger partial charge on any atom is 0.183 e. The molecule has 19 heavy (non-hydrogen) atoms. The van der Waals surface area contributed by atoms with Gasteiger partial charge >= 0.3 is 0 Å². The molecule has 3 heteroatoms. The van der Waals surface area contributed by atoms with Gasteiger partial charge in [0.1, 0.15) is 0 Å². The van der Waals surface area contributed by atoms with Crippen LogP contribution in [0.2, 0.25) is 5.02 Å². The van der Waals surface area contributed by atoms with E-state index in [4.69, 9.17) is 11.6 Å². The summed E-state index contributed by atoms with van der Waals surface area (Å²) in [5.41, 5.74) is 0.373. The summed E-state index contributed by atoms with van der Waals surface area (Å²) < 4.78 is 0. The maximum atomic E-state index is 13.0. The molecule has 0 heterocycles. The van der Waals surface area contributed by atoms with Crippen molar-refractivity contribution in [3.63, 3.8) is 0 Å². The highest BCUT2D eigenvalue weighted by Gasteiger charge is 2.43. The van der Waals surface area contributed by atoms with Crippen LogP contribution in [0.4, 0.5) is 0 Å². The van der Waals surface area contributed by atoms with Crippen molar-refractivity contribution in [2.75, 3.05) is 14.1 Å². The van der Waals surface area contributed by atoms with E-state index >= 15 is 0 Å². The lowest BCUT2D eigenvalue weighted by Gasteiger charge is -2.43. The lowest BCUT2D eigenvalue weighted by atomic mass is 9.71. The van der Waals surface area contributed by atoms with E-state index in [1.54, 1.807) is 6.07 Å². The van der Waals surface area contributed by atoms with Crippen molar-refractivity contribution in [2.45, 2.75) is 38.1 Å². The number of carbonyl (C=O) groups excluding carboxylic acids is 1. The number of hydrogen-bond acceptors (Lipinski definition) is 2. The van der Waals surface area contributed by atoms with Gasteiger partial charge in [-0.15, -0.1) is 0 Å². The van der Waals surface area contributed by atoms with Crippen LogP contribution in [-0.2, 0) is 0 Å². The molecule has 1 aromatic rings. The predicted molar refractivity (Wildman–Crippen MR) is 79.8 cm³/mol. The fourth-order valence-corrected chi connectivity index (χ4v) is 3.43. The molecule has 2 nitrogen and oxygen atoms in total. The van der Waals surface area contributed by atoms with Crippen LogP contribution in [0, 0.1) is 5.92 Å². The van der Waals surface area contributed by atoms with Gasteiger partial charge in [-0.25, -0.2) is 0 Å². The average Bonchev–Trinajstić information content (AvgIpc) is 2.37. The number of hydrogen-bond donors (Lipinski definition) is 0. The van der Waals surface area contributed by atoms with E-state index in [1.165, 1.54) is 6.42 Å². The second-order valence-corrected chi connectivity index (χ2v) is 6.40. The number of benzene rings is 1. The molecule has 0 saturated heterocycles. The number of halogens is 1. The van der Waals surface area contributed by atoms with Crippen molar-refractivity contribution in [3.8, 4) is 0 Å². The zero-order chi connectivity index (χ0) is 14.0. The number of nitrogens with zero attached hydrogens (tertiary/aromatic N) is 1. The summed E-state index contributed by atoms with van der Waals surface area (Å²) in [6.07, 6.45) is 4.21. The first kappa shape index (κ1) is 14.5. The highest BCUT2D eigenvalue weighted by molar-refractivity contribution is 6.31. The van der Waals surface area contributed by atoms with Gasteiger partial charge in [0.25, 0.3) is 0 Å². The van der Waals surface area contributed by atoms with Crippen molar-refractivity contribution in [1.82, 2.24) is 4.90 Å². The minimum atomic E-state index is -0.359. The van der Waals surface area contributed by atoms with Gasteiger partial charge in [-0.3, -0.25) is 9.69 Å². The Balaban J connectivity index is 2.36. The van der Waals surface area contributed by atoms with Crippen LogP contribution in [0.3, 0.4) is 0 Å². The van der Waals surface area contributed by atoms with Crippen LogP contribution in [0.15, 0.2) is 24.3 Å². The fourth-order valence-electron chi connectivity index (χ4n) is 3.24. The van der Waals surface area contributed by atoms with Crippen LogP contribution >= 0.6 is 11.6 Å². The Bertz CT molecular complexity index is 472. The SMILES string of the molecule is CC1CCCC(C(=O)c2cccc(Cl)c2)(N(C)C)C1. The number of likely N-dealkylation sites (N-methyl/N-ethyl adjacent to an activating group) is 1. The first-order chi connectivity index (χ1) is 8.95. The van der Waals surface area contributed by atoms with E-state index in [1.807, 2.05) is 32.3 Å².